The number of alkyl halides is 1. The predicted octanol–water partition coefficient (Wildman–Crippen LogP) is 2.84. The molecule has 0 bridgehead atoms. The molecule has 0 amide bonds. The zero-order chi connectivity index (χ0) is 13.7. The molecular weight excluding hydrogens is 278 g/mol. The van der Waals surface area contributed by atoms with Crippen molar-refractivity contribution in [2.24, 2.45) is 0 Å². The second kappa shape index (κ2) is 7.58. The lowest BCUT2D eigenvalue weighted by atomic mass is 10.0. The number of nitrogens with zero attached hydrogens (tertiary/aromatic N) is 3. The van der Waals surface area contributed by atoms with Gasteiger partial charge in [0.2, 0.25) is 0 Å². The second-order valence-corrected chi connectivity index (χ2v) is 6.74. The van der Waals surface area contributed by atoms with Crippen LogP contribution in [-0.2, 0) is 12.3 Å². The molecule has 1 aromatic rings. The number of aryl methyl sites for hydroxylation is 1. The van der Waals surface area contributed by atoms with Gasteiger partial charge in [-0.25, -0.2) is 4.98 Å². The SMILES string of the molecule is CN(C)C1CCCN(CCCc2nc(CCl)cs2)C1. The first-order valence-electron chi connectivity index (χ1n) is 7.07. The maximum Gasteiger partial charge on any atom is 0.0929 e. The number of halogens is 1. The first-order chi connectivity index (χ1) is 9.19. The number of likely N-dealkylation sites (N-methyl/N-ethyl adjacent to an activating group) is 1. The van der Waals surface area contributed by atoms with E-state index in [1.54, 1.807) is 11.3 Å². The van der Waals surface area contributed by atoms with E-state index in [1.165, 1.54) is 43.9 Å². The van der Waals surface area contributed by atoms with Crippen LogP contribution < -0.4 is 0 Å². The van der Waals surface area contributed by atoms with Crippen LogP contribution in [0.3, 0.4) is 0 Å². The van der Waals surface area contributed by atoms with Gasteiger partial charge in [0.05, 0.1) is 16.6 Å². The molecule has 0 spiro atoms. The molecule has 1 aliphatic rings. The number of aromatic nitrogens is 1. The van der Waals surface area contributed by atoms with E-state index in [1.807, 2.05) is 0 Å². The molecule has 108 valence electrons. The molecule has 2 rings (SSSR count). The minimum Gasteiger partial charge on any atom is -0.305 e. The highest BCUT2D eigenvalue weighted by molar-refractivity contribution is 7.09. The molecule has 0 radical (unpaired) electrons. The van der Waals surface area contributed by atoms with Crippen LogP contribution >= 0.6 is 22.9 Å². The largest absolute Gasteiger partial charge is 0.305 e. The van der Waals surface area contributed by atoms with E-state index >= 15 is 0 Å². The summed E-state index contributed by atoms with van der Waals surface area (Å²) < 4.78 is 0. The van der Waals surface area contributed by atoms with Crippen LogP contribution in [0.1, 0.15) is 30.0 Å². The molecule has 0 saturated carbocycles. The van der Waals surface area contributed by atoms with Crippen molar-refractivity contribution in [3.8, 4) is 0 Å². The Morgan fingerprint density at radius 1 is 1.53 bits per heavy atom. The fourth-order valence-electron chi connectivity index (χ4n) is 2.63. The Bertz CT molecular complexity index is 381. The molecule has 0 N–H and O–H groups in total. The highest BCUT2D eigenvalue weighted by Crippen LogP contribution is 2.16. The molecule has 2 heterocycles. The normalized spacial score (nSPS) is 21.2. The lowest BCUT2D eigenvalue weighted by molar-refractivity contribution is 0.132. The fraction of sp³-hybridized carbons (Fsp3) is 0.786. The summed E-state index contributed by atoms with van der Waals surface area (Å²) in [4.78, 5) is 9.48. The number of rotatable bonds is 6. The monoisotopic (exact) mass is 301 g/mol. The molecule has 1 aliphatic heterocycles. The van der Waals surface area contributed by atoms with E-state index in [-0.39, 0.29) is 0 Å². The maximum absolute atomic E-state index is 5.77. The third kappa shape index (κ3) is 4.71. The summed E-state index contributed by atoms with van der Waals surface area (Å²) in [5, 5.41) is 3.31. The van der Waals surface area contributed by atoms with Gasteiger partial charge in [0.15, 0.2) is 0 Å². The fourth-order valence-corrected chi connectivity index (χ4v) is 3.70. The van der Waals surface area contributed by atoms with E-state index in [9.17, 15) is 0 Å². The molecule has 1 unspecified atom stereocenters. The second-order valence-electron chi connectivity index (χ2n) is 5.53. The third-order valence-corrected chi connectivity index (χ3v) is 5.04. The molecule has 1 atom stereocenters. The van der Waals surface area contributed by atoms with Gasteiger partial charge in [-0.3, -0.25) is 0 Å². The highest BCUT2D eigenvalue weighted by Gasteiger charge is 2.20. The van der Waals surface area contributed by atoms with E-state index < -0.39 is 0 Å². The van der Waals surface area contributed by atoms with Crippen molar-refractivity contribution in [1.29, 1.82) is 0 Å². The summed E-state index contributed by atoms with van der Waals surface area (Å²) in [5.74, 6) is 0.535. The van der Waals surface area contributed by atoms with Crippen molar-refractivity contribution in [3.63, 3.8) is 0 Å². The number of hydrogen-bond acceptors (Lipinski definition) is 4. The quantitative estimate of drug-likeness (QED) is 0.753. The van der Waals surface area contributed by atoms with Crippen LogP contribution in [0.4, 0.5) is 0 Å². The molecule has 5 heteroatoms. The Balaban J connectivity index is 1.70. The van der Waals surface area contributed by atoms with E-state index in [0.717, 1.165) is 18.2 Å². The van der Waals surface area contributed by atoms with Crippen molar-refractivity contribution >= 4 is 22.9 Å². The molecule has 0 aliphatic carbocycles. The summed E-state index contributed by atoms with van der Waals surface area (Å²) >= 11 is 7.52. The van der Waals surface area contributed by atoms with Gasteiger partial charge in [-0.2, -0.15) is 0 Å². The van der Waals surface area contributed by atoms with Gasteiger partial charge in [-0.1, -0.05) is 0 Å². The maximum atomic E-state index is 5.77. The van der Waals surface area contributed by atoms with Gasteiger partial charge in [0.1, 0.15) is 0 Å². The predicted molar refractivity (Wildman–Crippen MR) is 83.1 cm³/mol. The van der Waals surface area contributed by atoms with Crippen molar-refractivity contribution < 1.29 is 0 Å². The molecule has 3 nitrogen and oxygen atoms in total. The molecular formula is C14H24ClN3S. The van der Waals surface area contributed by atoms with Crippen LogP contribution in [0.5, 0.6) is 0 Å². The number of hydrogen-bond donors (Lipinski definition) is 0. The van der Waals surface area contributed by atoms with Crippen molar-refractivity contribution in [2.75, 3.05) is 33.7 Å². The Hall–Kier alpha value is -0.160. The molecule has 0 aromatic carbocycles. The average molecular weight is 302 g/mol. The minimum atomic E-state index is 0.535. The molecule has 1 aromatic heterocycles. The van der Waals surface area contributed by atoms with Crippen molar-refractivity contribution in [2.45, 2.75) is 37.6 Å². The van der Waals surface area contributed by atoms with Gasteiger partial charge in [-0.05, 0) is 46.4 Å². The summed E-state index contributed by atoms with van der Waals surface area (Å²) in [6, 6.07) is 0.733. The molecule has 1 saturated heterocycles. The number of thiazole rings is 1. The summed E-state index contributed by atoms with van der Waals surface area (Å²) in [7, 11) is 4.38. The van der Waals surface area contributed by atoms with Gasteiger partial charge in [0, 0.05) is 24.4 Å². The van der Waals surface area contributed by atoms with Crippen LogP contribution in [0.2, 0.25) is 0 Å². The van der Waals surface area contributed by atoms with E-state index in [4.69, 9.17) is 11.6 Å². The first-order valence-corrected chi connectivity index (χ1v) is 8.48. The number of likely N-dealkylation sites (tertiary alicyclic amines) is 1. The Kier molecular flexibility index (Phi) is 6.07. The average Bonchev–Trinajstić information content (AvgIpc) is 2.87. The first kappa shape index (κ1) is 15.2. The van der Waals surface area contributed by atoms with Gasteiger partial charge < -0.3 is 9.80 Å². The van der Waals surface area contributed by atoms with Crippen LogP contribution in [0.25, 0.3) is 0 Å². The summed E-state index contributed by atoms with van der Waals surface area (Å²) in [6.07, 6.45) is 4.96. The lowest BCUT2D eigenvalue weighted by Gasteiger charge is -2.36. The number of piperidine rings is 1. The standard InChI is InChI=1S/C14H24ClN3S/c1-17(2)13-5-3-7-18(10-13)8-4-6-14-16-12(9-15)11-19-14/h11,13H,3-10H2,1-2H3. The zero-order valence-corrected chi connectivity index (χ0v) is 13.5. The third-order valence-electron chi connectivity index (χ3n) is 3.81. The van der Waals surface area contributed by atoms with Crippen LogP contribution in [0.15, 0.2) is 5.38 Å². The van der Waals surface area contributed by atoms with Gasteiger partial charge in [-0.15, -0.1) is 22.9 Å². The van der Waals surface area contributed by atoms with Gasteiger partial charge in [0.25, 0.3) is 0 Å². The summed E-state index contributed by atoms with van der Waals surface area (Å²) in [5.41, 5.74) is 1.02. The minimum absolute atomic E-state index is 0.535. The Labute approximate surface area is 125 Å². The topological polar surface area (TPSA) is 19.4 Å². The van der Waals surface area contributed by atoms with Crippen LogP contribution in [-0.4, -0.2) is 54.6 Å². The van der Waals surface area contributed by atoms with E-state index in [0.29, 0.717) is 5.88 Å². The Morgan fingerprint density at radius 2 is 2.37 bits per heavy atom. The molecule has 1 fully saturated rings. The lowest BCUT2D eigenvalue weighted by Crippen LogP contribution is -2.45. The van der Waals surface area contributed by atoms with Crippen molar-refractivity contribution in [3.05, 3.63) is 16.1 Å². The zero-order valence-electron chi connectivity index (χ0n) is 11.9. The van der Waals surface area contributed by atoms with Crippen LogP contribution in [0, 0.1) is 0 Å². The van der Waals surface area contributed by atoms with E-state index in [2.05, 4.69) is 34.3 Å². The highest BCUT2D eigenvalue weighted by atomic mass is 35.5. The summed E-state index contributed by atoms with van der Waals surface area (Å²) in [6.45, 7) is 3.67. The smallest absolute Gasteiger partial charge is 0.0929 e. The molecule has 19 heavy (non-hydrogen) atoms. The van der Waals surface area contributed by atoms with Gasteiger partial charge >= 0.3 is 0 Å². The van der Waals surface area contributed by atoms with Crippen molar-refractivity contribution in [1.82, 2.24) is 14.8 Å². The Morgan fingerprint density at radius 3 is 3.05 bits per heavy atom.